The quantitative estimate of drug-likeness (QED) is 0.689. The van der Waals surface area contributed by atoms with E-state index in [4.69, 9.17) is 5.73 Å². The highest BCUT2D eigenvalue weighted by Gasteiger charge is 2.28. The average Bonchev–Trinajstić information content (AvgIpc) is 2.69. The van der Waals surface area contributed by atoms with Gasteiger partial charge in [-0.25, -0.2) is 8.42 Å². The number of aryl methyl sites for hydroxylation is 1. The molecule has 0 bridgehead atoms. The van der Waals surface area contributed by atoms with E-state index in [2.05, 4.69) is 0 Å². The largest absolute Gasteiger partial charge is 0.399 e. The molecule has 1 aromatic carbocycles. The van der Waals surface area contributed by atoms with Crippen molar-refractivity contribution in [3.05, 3.63) is 23.8 Å². The van der Waals surface area contributed by atoms with E-state index in [1.54, 1.807) is 29.6 Å². The molecule has 2 N–H and O–H groups in total. The molecular formula is C15H24N2O2S. The molecule has 20 heavy (non-hydrogen) atoms. The first-order valence-electron chi connectivity index (χ1n) is 7.27. The van der Waals surface area contributed by atoms with Gasteiger partial charge in [-0.05, 0) is 43.5 Å². The molecule has 1 aromatic rings. The van der Waals surface area contributed by atoms with Crippen LogP contribution in [0.3, 0.4) is 0 Å². The Labute approximate surface area is 122 Å². The second-order valence-corrected chi connectivity index (χ2v) is 7.68. The maximum absolute atomic E-state index is 12.7. The van der Waals surface area contributed by atoms with Crippen molar-refractivity contribution in [2.45, 2.75) is 56.4 Å². The van der Waals surface area contributed by atoms with Crippen LogP contribution in [0.2, 0.25) is 0 Å². The molecule has 1 aliphatic carbocycles. The van der Waals surface area contributed by atoms with Gasteiger partial charge in [-0.1, -0.05) is 25.7 Å². The maximum atomic E-state index is 12.7. The zero-order chi connectivity index (χ0) is 14.8. The summed E-state index contributed by atoms with van der Waals surface area (Å²) in [5, 5.41) is 0. The number of nitrogen functional groups attached to an aromatic ring is 1. The summed E-state index contributed by atoms with van der Waals surface area (Å²) in [5.41, 5.74) is 7.19. The minimum Gasteiger partial charge on any atom is -0.399 e. The van der Waals surface area contributed by atoms with Crippen LogP contribution in [0.4, 0.5) is 5.69 Å². The molecule has 0 aromatic heterocycles. The summed E-state index contributed by atoms with van der Waals surface area (Å²) in [4.78, 5) is 0.343. The summed E-state index contributed by atoms with van der Waals surface area (Å²) in [5.74, 6) is 0. The third kappa shape index (κ3) is 3.15. The summed E-state index contributed by atoms with van der Waals surface area (Å²) in [6.07, 6.45) is 6.58. The SMILES string of the molecule is Cc1cc(S(=O)(=O)N(C)C2CCCCCC2)ccc1N. The van der Waals surface area contributed by atoms with Gasteiger partial charge >= 0.3 is 0 Å². The number of hydrogen-bond acceptors (Lipinski definition) is 3. The van der Waals surface area contributed by atoms with Crippen LogP contribution in [0.15, 0.2) is 23.1 Å². The van der Waals surface area contributed by atoms with Crippen molar-refractivity contribution >= 4 is 15.7 Å². The summed E-state index contributed by atoms with van der Waals surface area (Å²) in [6.45, 7) is 1.83. The smallest absolute Gasteiger partial charge is 0.243 e. The normalized spacial score (nSPS) is 18.1. The molecular weight excluding hydrogens is 272 g/mol. The molecule has 5 heteroatoms. The fourth-order valence-corrected chi connectivity index (χ4v) is 4.29. The van der Waals surface area contributed by atoms with Crippen molar-refractivity contribution in [3.63, 3.8) is 0 Å². The summed E-state index contributed by atoms with van der Waals surface area (Å²) in [7, 11) is -1.71. The van der Waals surface area contributed by atoms with Gasteiger partial charge < -0.3 is 5.73 Å². The monoisotopic (exact) mass is 296 g/mol. The van der Waals surface area contributed by atoms with Crippen molar-refractivity contribution < 1.29 is 8.42 Å². The molecule has 0 unspecified atom stereocenters. The van der Waals surface area contributed by atoms with E-state index in [9.17, 15) is 8.42 Å². The Balaban J connectivity index is 2.26. The van der Waals surface area contributed by atoms with Gasteiger partial charge in [0.2, 0.25) is 10.0 Å². The van der Waals surface area contributed by atoms with Crippen molar-refractivity contribution in [2.75, 3.05) is 12.8 Å². The van der Waals surface area contributed by atoms with Gasteiger partial charge in [0.1, 0.15) is 0 Å². The van der Waals surface area contributed by atoms with Gasteiger partial charge in [0, 0.05) is 18.8 Å². The molecule has 0 saturated heterocycles. The number of rotatable bonds is 3. The highest BCUT2D eigenvalue weighted by atomic mass is 32.2. The third-order valence-corrected chi connectivity index (χ3v) is 6.16. The zero-order valence-electron chi connectivity index (χ0n) is 12.3. The minimum absolute atomic E-state index is 0.125. The maximum Gasteiger partial charge on any atom is 0.243 e. The van der Waals surface area contributed by atoms with Crippen LogP contribution in [-0.4, -0.2) is 25.8 Å². The Morgan fingerprint density at radius 1 is 1.15 bits per heavy atom. The van der Waals surface area contributed by atoms with Gasteiger partial charge in [-0.15, -0.1) is 0 Å². The number of benzene rings is 1. The van der Waals surface area contributed by atoms with E-state index in [1.165, 1.54) is 12.8 Å². The molecule has 1 aliphatic rings. The van der Waals surface area contributed by atoms with Crippen LogP contribution in [0, 0.1) is 6.92 Å². The first-order chi connectivity index (χ1) is 9.43. The van der Waals surface area contributed by atoms with E-state index >= 15 is 0 Å². The number of hydrogen-bond donors (Lipinski definition) is 1. The zero-order valence-corrected chi connectivity index (χ0v) is 13.1. The van der Waals surface area contributed by atoms with Crippen molar-refractivity contribution in [1.82, 2.24) is 4.31 Å². The molecule has 0 atom stereocenters. The predicted octanol–water partition coefficient (Wildman–Crippen LogP) is 2.92. The average molecular weight is 296 g/mol. The van der Waals surface area contributed by atoms with E-state index in [1.807, 2.05) is 6.92 Å². The van der Waals surface area contributed by atoms with E-state index in [0.29, 0.717) is 10.6 Å². The van der Waals surface area contributed by atoms with Crippen LogP contribution in [-0.2, 0) is 10.0 Å². The molecule has 0 radical (unpaired) electrons. The van der Waals surface area contributed by atoms with Crippen LogP contribution < -0.4 is 5.73 Å². The highest BCUT2D eigenvalue weighted by molar-refractivity contribution is 7.89. The fourth-order valence-electron chi connectivity index (χ4n) is 2.79. The lowest BCUT2D eigenvalue weighted by Gasteiger charge is -2.26. The third-order valence-electron chi connectivity index (χ3n) is 4.26. The van der Waals surface area contributed by atoms with Gasteiger partial charge in [-0.2, -0.15) is 4.31 Å². The Morgan fingerprint density at radius 3 is 2.30 bits per heavy atom. The van der Waals surface area contributed by atoms with E-state index in [-0.39, 0.29) is 6.04 Å². The standard InChI is InChI=1S/C15H24N2O2S/c1-12-11-14(9-10-15(12)16)20(18,19)17(2)13-7-5-3-4-6-8-13/h9-11,13H,3-8,16H2,1-2H3. The van der Waals surface area contributed by atoms with E-state index in [0.717, 1.165) is 31.2 Å². The predicted molar refractivity (Wildman–Crippen MR) is 82.0 cm³/mol. The molecule has 1 fully saturated rings. The Hall–Kier alpha value is -1.07. The van der Waals surface area contributed by atoms with Crippen molar-refractivity contribution in [2.24, 2.45) is 0 Å². The fraction of sp³-hybridized carbons (Fsp3) is 0.600. The molecule has 4 nitrogen and oxygen atoms in total. The minimum atomic E-state index is -3.42. The molecule has 0 heterocycles. The number of sulfonamides is 1. The van der Waals surface area contributed by atoms with Crippen molar-refractivity contribution in [3.8, 4) is 0 Å². The highest BCUT2D eigenvalue weighted by Crippen LogP contribution is 2.27. The Kier molecular flexibility index (Phi) is 4.70. The molecule has 1 saturated carbocycles. The summed E-state index contributed by atoms with van der Waals surface area (Å²) >= 11 is 0. The lowest BCUT2D eigenvalue weighted by molar-refractivity contribution is 0.335. The molecule has 2 rings (SSSR count). The number of nitrogens with zero attached hydrogens (tertiary/aromatic N) is 1. The lowest BCUT2D eigenvalue weighted by atomic mass is 10.1. The summed E-state index contributed by atoms with van der Waals surface area (Å²) in [6, 6.07) is 5.06. The second kappa shape index (κ2) is 6.14. The Bertz CT molecular complexity index is 561. The van der Waals surface area contributed by atoms with Gasteiger partial charge in [-0.3, -0.25) is 0 Å². The second-order valence-electron chi connectivity index (χ2n) is 5.69. The first-order valence-corrected chi connectivity index (χ1v) is 8.71. The van der Waals surface area contributed by atoms with Crippen LogP contribution in [0.25, 0.3) is 0 Å². The first kappa shape index (κ1) is 15.3. The number of anilines is 1. The van der Waals surface area contributed by atoms with Crippen LogP contribution in [0.5, 0.6) is 0 Å². The number of nitrogens with two attached hydrogens (primary N) is 1. The van der Waals surface area contributed by atoms with Crippen molar-refractivity contribution in [1.29, 1.82) is 0 Å². The molecule has 0 amide bonds. The molecule has 0 spiro atoms. The molecule has 112 valence electrons. The topological polar surface area (TPSA) is 63.4 Å². The summed E-state index contributed by atoms with van der Waals surface area (Å²) < 4.78 is 26.9. The van der Waals surface area contributed by atoms with Gasteiger partial charge in [0.25, 0.3) is 0 Å². The van der Waals surface area contributed by atoms with E-state index < -0.39 is 10.0 Å². The van der Waals surface area contributed by atoms with Crippen LogP contribution >= 0.6 is 0 Å². The van der Waals surface area contributed by atoms with Gasteiger partial charge in [0.15, 0.2) is 0 Å². The van der Waals surface area contributed by atoms with Gasteiger partial charge in [0.05, 0.1) is 4.90 Å². The molecule has 0 aliphatic heterocycles. The van der Waals surface area contributed by atoms with Crippen LogP contribution in [0.1, 0.15) is 44.1 Å². The lowest BCUT2D eigenvalue weighted by Crippen LogP contribution is -2.36. The Morgan fingerprint density at radius 2 is 1.75 bits per heavy atom.